The highest BCUT2D eigenvalue weighted by Gasteiger charge is 2.23. The van der Waals surface area contributed by atoms with Crippen LogP contribution in [0.5, 0.6) is 0 Å². The molecule has 20 heavy (non-hydrogen) atoms. The van der Waals surface area contributed by atoms with E-state index in [1.165, 1.54) is 37.1 Å². The third-order valence-electron chi connectivity index (χ3n) is 4.19. The Morgan fingerprint density at radius 1 is 1.25 bits per heavy atom. The predicted molar refractivity (Wildman–Crippen MR) is 85.1 cm³/mol. The van der Waals surface area contributed by atoms with Gasteiger partial charge in [-0.3, -0.25) is 0 Å². The fraction of sp³-hybridized carbons (Fsp3) is 0.562. The number of anilines is 1. The Bertz CT molecular complexity index is 621. The molecule has 0 saturated heterocycles. The van der Waals surface area contributed by atoms with Crippen LogP contribution in [0.1, 0.15) is 62.4 Å². The molecule has 1 aliphatic carbocycles. The molecule has 3 nitrogen and oxygen atoms in total. The van der Waals surface area contributed by atoms with Gasteiger partial charge in [-0.25, -0.2) is 4.98 Å². The van der Waals surface area contributed by atoms with Crippen molar-refractivity contribution in [3.8, 4) is 0 Å². The summed E-state index contributed by atoms with van der Waals surface area (Å²) in [5.41, 5.74) is 7.55. The Kier molecular flexibility index (Phi) is 3.46. The van der Waals surface area contributed by atoms with Crippen LogP contribution in [-0.2, 0) is 5.60 Å². The lowest BCUT2D eigenvalue weighted by Crippen LogP contribution is -2.17. The molecule has 1 saturated carbocycles. The minimum absolute atomic E-state index is 0.618. The average molecular weight is 290 g/mol. The topological polar surface area (TPSA) is 59.1 Å². The molecule has 4 heteroatoms. The number of benzene rings is 1. The van der Waals surface area contributed by atoms with E-state index in [4.69, 9.17) is 10.7 Å². The summed E-state index contributed by atoms with van der Waals surface area (Å²) >= 11 is 1.76. The Hall–Kier alpha value is -1.13. The van der Waals surface area contributed by atoms with Gasteiger partial charge in [0.2, 0.25) is 0 Å². The first kappa shape index (κ1) is 13.8. The maximum Gasteiger partial charge on any atom is 0.0969 e. The molecule has 108 valence electrons. The number of hydrogen-bond donors (Lipinski definition) is 2. The van der Waals surface area contributed by atoms with E-state index in [1.807, 2.05) is 12.1 Å². The van der Waals surface area contributed by atoms with Gasteiger partial charge < -0.3 is 10.8 Å². The van der Waals surface area contributed by atoms with Crippen molar-refractivity contribution in [2.24, 2.45) is 0 Å². The molecule has 0 amide bonds. The van der Waals surface area contributed by atoms with Gasteiger partial charge in [-0.15, -0.1) is 11.3 Å². The van der Waals surface area contributed by atoms with Gasteiger partial charge in [0, 0.05) is 17.2 Å². The Morgan fingerprint density at radius 3 is 2.60 bits per heavy atom. The highest BCUT2D eigenvalue weighted by Crippen LogP contribution is 2.39. The van der Waals surface area contributed by atoms with Crippen LogP contribution < -0.4 is 5.73 Å². The molecular weight excluding hydrogens is 268 g/mol. The monoisotopic (exact) mass is 290 g/mol. The van der Waals surface area contributed by atoms with Crippen LogP contribution in [0.2, 0.25) is 0 Å². The SMILES string of the molecule is CC(C)(O)c1cc2nc(C3CCCCC3)sc2cc1N. The fourth-order valence-corrected chi connectivity index (χ4v) is 4.23. The molecule has 2 aromatic rings. The first-order valence-corrected chi connectivity index (χ1v) is 8.19. The largest absolute Gasteiger partial charge is 0.398 e. The second-order valence-electron chi connectivity index (χ2n) is 6.35. The summed E-state index contributed by atoms with van der Waals surface area (Å²) in [4.78, 5) is 4.80. The lowest BCUT2D eigenvalue weighted by Gasteiger charge is -2.19. The normalized spacial score (nSPS) is 17.8. The third-order valence-corrected chi connectivity index (χ3v) is 5.37. The second kappa shape index (κ2) is 5.01. The molecule has 1 heterocycles. The number of hydrogen-bond acceptors (Lipinski definition) is 4. The predicted octanol–water partition coefficient (Wildman–Crippen LogP) is 4.15. The van der Waals surface area contributed by atoms with E-state index in [2.05, 4.69) is 0 Å². The lowest BCUT2D eigenvalue weighted by atomic mass is 9.90. The summed E-state index contributed by atoms with van der Waals surface area (Å²) in [5, 5.41) is 11.4. The molecule has 0 radical (unpaired) electrons. The highest BCUT2D eigenvalue weighted by atomic mass is 32.1. The van der Waals surface area contributed by atoms with Crippen LogP contribution in [0.15, 0.2) is 12.1 Å². The maximum atomic E-state index is 10.2. The van der Waals surface area contributed by atoms with Crippen molar-refractivity contribution in [2.45, 2.75) is 57.5 Å². The van der Waals surface area contributed by atoms with Crippen molar-refractivity contribution < 1.29 is 5.11 Å². The number of thiazole rings is 1. The van der Waals surface area contributed by atoms with Gasteiger partial charge in [-0.2, -0.15) is 0 Å². The smallest absolute Gasteiger partial charge is 0.0969 e. The molecule has 3 N–H and O–H groups in total. The van der Waals surface area contributed by atoms with E-state index in [0.717, 1.165) is 15.8 Å². The van der Waals surface area contributed by atoms with E-state index in [-0.39, 0.29) is 0 Å². The van der Waals surface area contributed by atoms with Gasteiger partial charge in [0.05, 0.1) is 20.8 Å². The number of nitrogens with two attached hydrogens (primary N) is 1. The number of aromatic nitrogens is 1. The van der Waals surface area contributed by atoms with Crippen LogP contribution in [-0.4, -0.2) is 10.1 Å². The number of rotatable bonds is 2. The molecule has 1 aromatic carbocycles. The van der Waals surface area contributed by atoms with Crippen molar-refractivity contribution >= 4 is 27.2 Å². The molecule has 0 atom stereocenters. The molecule has 0 aliphatic heterocycles. The van der Waals surface area contributed by atoms with Crippen LogP contribution in [0.4, 0.5) is 5.69 Å². The van der Waals surface area contributed by atoms with Crippen molar-refractivity contribution in [3.63, 3.8) is 0 Å². The van der Waals surface area contributed by atoms with E-state index in [1.54, 1.807) is 25.2 Å². The van der Waals surface area contributed by atoms with Gasteiger partial charge in [-0.05, 0) is 38.8 Å². The molecule has 1 aromatic heterocycles. The summed E-state index contributed by atoms with van der Waals surface area (Å²) in [6.45, 7) is 3.53. The molecule has 0 unspecified atom stereocenters. The average Bonchev–Trinajstić information content (AvgIpc) is 2.80. The van der Waals surface area contributed by atoms with Crippen LogP contribution >= 0.6 is 11.3 Å². The zero-order chi connectivity index (χ0) is 14.3. The molecule has 3 rings (SSSR count). The molecule has 0 bridgehead atoms. The van der Waals surface area contributed by atoms with Crippen LogP contribution in [0.25, 0.3) is 10.2 Å². The Morgan fingerprint density at radius 2 is 1.95 bits per heavy atom. The van der Waals surface area contributed by atoms with E-state index in [9.17, 15) is 5.11 Å². The summed E-state index contributed by atoms with van der Waals surface area (Å²) in [6, 6.07) is 3.92. The molecule has 1 fully saturated rings. The second-order valence-corrected chi connectivity index (χ2v) is 7.42. The van der Waals surface area contributed by atoms with E-state index >= 15 is 0 Å². The lowest BCUT2D eigenvalue weighted by molar-refractivity contribution is 0.0795. The highest BCUT2D eigenvalue weighted by molar-refractivity contribution is 7.18. The minimum atomic E-state index is -0.924. The zero-order valence-corrected chi connectivity index (χ0v) is 13.0. The van der Waals surface area contributed by atoms with Gasteiger partial charge in [0.25, 0.3) is 0 Å². The van der Waals surface area contributed by atoms with Gasteiger partial charge in [-0.1, -0.05) is 19.3 Å². The number of aliphatic hydroxyl groups is 1. The number of nitrogens with zero attached hydrogens (tertiary/aromatic N) is 1. The standard InChI is InChI=1S/C16H22N2OS/c1-16(2,19)11-8-13-14(9-12(11)17)20-15(18-13)10-6-4-3-5-7-10/h8-10,19H,3-7,17H2,1-2H3. The van der Waals surface area contributed by atoms with Gasteiger partial charge >= 0.3 is 0 Å². The maximum absolute atomic E-state index is 10.2. The molecule has 0 spiro atoms. The quantitative estimate of drug-likeness (QED) is 0.817. The zero-order valence-electron chi connectivity index (χ0n) is 12.1. The minimum Gasteiger partial charge on any atom is -0.398 e. The van der Waals surface area contributed by atoms with Crippen molar-refractivity contribution in [2.75, 3.05) is 5.73 Å². The third kappa shape index (κ3) is 2.54. The van der Waals surface area contributed by atoms with E-state index in [0.29, 0.717) is 11.6 Å². The van der Waals surface area contributed by atoms with Crippen molar-refractivity contribution in [1.82, 2.24) is 4.98 Å². The summed E-state index contributed by atoms with van der Waals surface area (Å²) in [6.07, 6.45) is 6.51. The summed E-state index contributed by atoms with van der Waals surface area (Å²) < 4.78 is 1.14. The first-order chi connectivity index (χ1) is 9.45. The fourth-order valence-electron chi connectivity index (χ4n) is 3.06. The number of nitrogen functional groups attached to an aromatic ring is 1. The number of fused-ring (bicyclic) bond motifs is 1. The molecular formula is C16H22N2OS. The first-order valence-electron chi connectivity index (χ1n) is 7.38. The Labute approximate surface area is 123 Å². The van der Waals surface area contributed by atoms with Crippen molar-refractivity contribution in [3.05, 3.63) is 22.7 Å². The van der Waals surface area contributed by atoms with E-state index < -0.39 is 5.60 Å². The summed E-state index contributed by atoms with van der Waals surface area (Å²) in [7, 11) is 0. The van der Waals surface area contributed by atoms with Crippen LogP contribution in [0, 0.1) is 0 Å². The summed E-state index contributed by atoms with van der Waals surface area (Å²) in [5.74, 6) is 0.618. The van der Waals surface area contributed by atoms with Gasteiger partial charge in [0.1, 0.15) is 0 Å². The van der Waals surface area contributed by atoms with Gasteiger partial charge in [0.15, 0.2) is 0 Å². The molecule has 1 aliphatic rings. The van der Waals surface area contributed by atoms with Crippen molar-refractivity contribution in [1.29, 1.82) is 0 Å². The Balaban J connectivity index is 2.02. The van der Waals surface area contributed by atoms with Crippen LogP contribution in [0.3, 0.4) is 0 Å².